The standard InChI is InChI=1S/C19H28O3/c1-18-9-12(20)5-3-11(18)4-6-13-14-7-8-16(22)19(14,2)10-15(21)17(13)18/h11-14,17,20H,3-10H2,1-2H3/t11?,12?,13-,14-,17+,18-,19-/m0/s1. The van der Waals surface area contributed by atoms with Gasteiger partial charge in [-0.25, -0.2) is 0 Å². The molecule has 0 heterocycles. The van der Waals surface area contributed by atoms with Crippen LogP contribution >= 0.6 is 0 Å². The van der Waals surface area contributed by atoms with Crippen LogP contribution in [-0.4, -0.2) is 22.8 Å². The maximum Gasteiger partial charge on any atom is 0.139 e. The van der Waals surface area contributed by atoms with E-state index < -0.39 is 0 Å². The van der Waals surface area contributed by atoms with Gasteiger partial charge in [-0.1, -0.05) is 13.8 Å². The first kappa shape index (κ1) is 14.9. The van der Waals surface area contributed by atoms with E-state index in [1.54, 1.807) is 0 Å². The van der Waals surface area contributed by atoms with Crippen molar-refractivity contribution in [1.29, 1.82) is 0 Å². The molecule has 122 valence electrons. The van der Waals surface area contributed by atoms with Crippen LogP contribution in [0.15, 0.2) is 0 Å². The smallest absolute Gasteiger partial charge is 0.139 e. The fourth-order valence-corrected chi connectivity index (χ4v) is 6.93. The third-order valence-corrected chi connectivity index (χ3v) is 7.99. The minimum atomic E-state index is -0.380. The second kappa shape index (κ2) is 4.66. The quantitative estimate of drug-likeness (QED) is 0.748. The van der Waals surface area contributed by atoms with Crippen molar-refractivity contribution in [2.24, 2.45) is 34.5 Å². The van der Waals surface area contributed by atoms with Crippen molar-refractivity contribution in [2.45, 2.75) is 71.3 Å². The van der Waals surface area contributed by atoms with E-state index in [0.29, 0.717) is 42.2 Å². The molecule has 4 saturated carbocycles. The van der Waals surface area contributed by atoms with Gasteiger partial charge in [0.15, 0.2) is 0 Å². The van der Waals surface area contributed by atoms with Crippen molar-refractivity contribution >= 4 is 11.6 Å². The van der Waals surface area contributed by atoms with Gasteiger partial charge in [-0.3, -0.25) is 9.59 Å². The molecule has 4 aliphatic rings. The fourth-order valence-electron chi connectivity index (χ4n) is 6.93. The molecule has 0 aromatic carbocycles. The molecule has 0 spiro atoms. The van der Waals surface area contributed by atoms with E-state index in [0.717, 1.165) is 32.1 Å². The van der Waals surface area contributed by atoms with Crippen molar-refractivity contribution in [3.63, 3.8) is 0 Å². The molecular formula is C19H28O3. The number of ketones is 2. The van der Waals surface area contributed by atoms with Gasteiger partial charge in [-0.2, -0.15) is 0 Å². The molecule has 0 saturated heterocycles. The van der Waals surface area contributed by atoms with Crippen molar-refractivity contribution in [2.75, 3.05) is 0 Å². The molecule has 4 aliphatic carbocycles. The lowest BCUT2D eigenvalue weighted by molar-refractivity contribution is -0.163. The Morgan fingerprint density at radius 3 is 2.55 bits per heavy atom. The van der Waals surface area contributed by atoms with Gasteiger partial charge in [0.1, 0.15) is 11.6 Å². The predicted molar refractivity (Wildman–Crippen MR) is 83.1 cm³/mol. The number of hydrogen-bond acceptors (Lipinski definition) is 3. The predicted octanol–water partition coefficient (Wildman–Crippen LogP) is 3.14. The minimum Gasteiger partial charge on any atom is -0.393 e. The Morgan fingerprint density at radius 1 is 1.05 bits per heavy atom. The van der Waals surface area contributed by atoms with E-state index in [1.807, 2.05) is 6.92 Å². The van der Waals surface area contributed by atoms with Gasteiger partial charge in [0, 0.05) is 24.2 Å². The van der Waals surface area contributed by atoms with Crippen molar-refractivity contribution in [1.82, 2.24) is 0 Å². The zero-order valence-corrected chi connectivity index (χ0v) is 13.8. The summed E-state index contributed by atoms with van der Waals surface area (Å²) in [5, 5.41) is 10.2. The summed E-state index contributed by atoms with van der Waals surface area (Å²) in [5.41, 5.74) is -0.417. The molecule has 3 nitrogen and oxygen atoms in total. The minimum absolute atomic E-state index is 0.0371. The number of rotatable bonds is 0. The second-order valence-electron chi connectivity index (χ2n) is 8.99. The van der Waals surface area contributed by atoms with Crippen LogP contribution in [-0.2, 0) is 9.59 Å². The molecule has 4 rings (SSSR count). The normalized spacial score (nSPS) is 54.6. The number of aliphatic hydroxyl groups is 1. The lowest BCUT2D eigenvalue weighted by Crippen LogP contribution is -2.58. The monoisotopic (exact) mass is 304 g/mol. The molecule has 3 heteroatoms. The Balaban J connectivity index is 1.73. The van der Waals surface area contributed by atoms with Crippen molar-refractivity contribution in [3.8, 4) is 0 Å². The molecule has 0 aromatic rings. The topological polar surface area (TPSA) is 54.4 Å². The van der Waals surface area contributed by atoms with E-state index in [9.17, 15) is 14.7 Å². The summed E-state index contributed by atoms with van der Waals surface area (Å²) in [6.07, 6.45) is 6.89. The Kier molecular flexibility index (Phi) is 3.15. The van der Waals surface area contributed by atoms with Crippen LogP contribution in [0, 0.1) is 34.5 Å². The zero-order valence-electron chi connectivity index (χ0n) is 13.8. The van der Waals surface area contributed by atoms with Crippen LogP contribution in [0.4, 0.5) is 0 Å². The molecule has 2 unspecified atom stereocenters. The first-order valence-electron chi connectivity index (χ1n) is 9.10. The van der Waals surface area contributed by atoms with Crippen LogP contribution in [0.2, 0.25) is 0 Å². The average molecular weight is 304 g/mol. The maximum absolute atomic E-state index is 13.1. The van der Waals surface area contributed by atoms with Gasteiger partial charge in [0.2, 0.25) is 0 Å². The summed E-state index contributed by atoms with van der Waals surface area (Å²) in [6, 6.07) is 0. The van der Waals surface area contributed by atoms with E-state index in [1.165, 1.54) is 6.42 Å². The third-order valence-electron chi connectivity index (χ3n) is 7.99. The van der Waals surface area contributed by atoms with Crippen LogP contribution in [0.1, 0.15) is 65.2 Å². The summed E-state index contributed by atoms with van der Waals surface area (Å²) in [6.45, 7) is 4.31. The highest BCUT2D eigenvalue weighted by molar-refractivity contribution is 5.95. The van der Waals surface area contributed by atoms with Crippen LogP contribution in [0.3, 0.4) is 0 Å². The van der Waals surface area contributed by atoms with Gasteiger partial charge in [0.25, 0.3) is 0 Å². The summed E-state index contributed by atoms with van der Waals surface area (Å²) in [5.74, 6) is 2.09. The largest absolute Gasteiger partial charge is 0.393 e. The highest BCUT2D eigenvalue weighted by atomic mass is 16.3. The highest BCUT2D eigenvalue weighted by Gasteiger charge is 2.63. The van der Waals surface area contributed by atoms with Gasteiger partial charge in [0.05, 0.1) is 6.10 Å². The average Bonchev–Trinajstić information content (AvgIpc) is 2.73. The maximum atomic E-state index is 13.1. The van der Waals surface area contributed by atoms with Gasteiger partial charge in [-0.15, -0.1) is 0 Å². The zero-order chi connectivity index (χ0) is 15.7. The number of fused-ring (bicyclic) bond motifs is 5. The fraction of sp³-hybridized carbons (Fsp3) is 0.895. The van der Waals surface area contributed by atoms with E-state index in [2.05, 4.69) is 6.92 Å². The first-order chi connectivity index (χ1) is 10.4. The second-order valence-corrected chi connectivity index (χ2v) is 8.99. The molecule has 4 fully saturated rings. The molecule has 7 atom stereocenters. The Labute approximate surface area is 132 Å². The van der Waals surface area contributed by atoms with Gasteiger partial charge < -0.3 is 5.11 Å². The van der Waals surface area contributed by atoms with Crippen LogP contribution in [0.5, 0.6) is 0 Å². The summed E-state index contributed by atoms with van der Waals surface area (Å²) >= 11 is 0. The SMILES string of the molecule is C[C@]12CC(O)CCC1CC[C@@H]1[C@@H]2C(=O)C[C@]2(C)C(=O)CC[C@@H]12. The lowest BCUT2D eigenvalue weighted by atomic mass is 9.45. The van der Waals surface area contributed by atoms with Crippen LogP contribution in [0.25, 0.3) is 0 Å². The lowest BCUT2D eigenvalue weighted by Gasteiger charge is -2.59. The van der Waals surface area contributed by atoms with Gasteiger partial charge >= 0.3 is 0 Å². The van der Waals surface area contributed by atoms with E-state index in [4.69, 9.17) is 0 Å². The number of carbonyl (C=O) groups is 2. The molecule has 0 aromatic heterocycles. The molecule has 0 aliphatic heterocycles. The molecule has 0 bridgehead atoms. The number of aliphatic hydroxyl groups excluding tert-OH is 1. The molecule has 22 heavy (non-hydrogen) atoms. The third kappa shape index (κ3) is 1.78. The molecular weight excluding hydrogens is 276 g/mol. The number of Topliss-reactive ketones (excluding diaryl/α,β-unsaturated/α-hetero) is 2. The van der Waals surface area contributed by atoms with Crippen molar-refractivity contribution in [3.05, 3.63) is 0 Å². The highest BCUT2D eigenvalue weighted by Crippen LogP contribution is 2.64. The summed E-state index contributed by atoms with van der Waals surface area (Å²) in [4.78, 5) is 25.4. The van der Waals surface area contributed by atoms with Crippen LogP contribution < -0.4 is 0 Å². The summed E-state index contributed by atoms with van der Waals surface area (Å²) < 4.78 is 0. The van der Waals surface area contributed by atoms with Gasteiger partial charge in [-0.05, 0) is 61.7 Å². The van der Waals surface area contributed by atoms with Crippen molar-refractivity contribution < 1.29 is 14.7 Å². The molecule has 0 radical (unpaired) electrons. The Hall–Kier alpha value is -0.700. The number of carbonyl (C=O) groups excluding carboxylic acids is 2. The Bertz CT molecular complexity index is 527. The molecule has 0 amide bonds. The Morgan fingerprint density at radius 2 is 1.77 bits per heavy atom. The van der Waals surface area contributed by atoms with E-state index >= 15 is 0 Å². The van der Waals surface area contributed by atoms with E-state index in [-0.39, 0.29) is 22.9 Å². The summed E-state index contributed by atoms with van der Waals surface area (Å²) in [7, 11) is 0. The first-order valence-corrected chi connectivity index (χ1v) is 9.10. The number of hydrogen-bond donors (Lipinski definition) is 1. The molecule has 1 N–H and O–H groups in total.